The normalized spacial score (nSPS) is 11.5. The van der Waals surface area contributed by atoms with E-state index in [-0.39, 0.29) is 28.2 Å². The molecule has 0 atom stereocenters. The minimum atomic E-state index is -3.77. The Morgan fingerprint density at radius 3 is 2.80 bits per heavy atom. The maximum atomic E-state index is 13.2. The molecule has 0 aromatic heterocycles. The molecule has 0 aliphatic rings. The van der Waals surface area contributed by atoms with Crippen LogP contribution in [0.15, 0.2) is 34.2 Å². The summed E-state index contributed by atoms with van der Waals surface area (Å²) in [7, 11) is -3.77. The van der Waals surface area contributed by atoms with Gasteiger partial charge in [0.25, 0.3) is 0 Å². The summed E-state index contributed by atoms with van der Waals surface area (Å²) in [5.41, 5.74) is 5.15. The molecule has 0 fully saturated rings. The minimum Gasteiger partial charge on any atom is -0.396 e. The number of benzene rings is 1. The summed E-state index contributed by atoms with van der Waals surface area (Å²) in [5.74, 6) is -0.677. The molecule has 0 radical (unpaired) electrons. The predicted octanol–water partition coefficient (Wildman–Crippen LogP) is 2.04. The van der Waals surface area contributed by atoms with Crippen molar-refractivity contribution < 1.29 is 17.5 Å². The molecule has 0 saturated heterocycles. The molecule has 1 aromatic carbocycles. The van der Waals surface area contributed by atoms with E-state index in [4.69, 9.17) is 10.5 Å². The predicted molar refractivity (Wildman–Crippen MR) is 79.3 cm³/mol. The van der Waals surface area contributed by atoms with E-state index in [1.165, 1.54) is 0 Å². The second-order valence-electron chi connectivity index (χ2n) is 3.89. The van der Waals surface area contributed by atoms with Crippen molar-refractivity contribution in [3.8, 4) is 0 Å². The summed E-state index contributed by atoms with van der Waals surface area (Å²) in [6, 6.07) is 2.09. The van der Waals surface area contributed by atoms with E-state index in [2.05, 4.69) is 27.2 Å². The van der Waals surface area contributed by atoms with Gasteiger partial charge in [0.05, 0.1) is 23.8 Å². The smallest absolute Gasteiger partial charge is 0.241 e. The molecule has 0 aliphatic heterocycles. The van der Waals surface area contributed by atoms with Gasteiger partial charge in [-0.2, -0.15) is 0 Å². The quantitative estimate of drug-likeness (QED) is 0.419. The van der Waals surface area contributed by atoms with Crippen LogP contribution in [0.4, 0.5) is 10.1 Å². The first-order valence-corrected chi connectivity index (χ1v) is 8.09. The van der Waals surface area contributed by atoms with E-state index in [9.17, 15) is 12.8 Å². The number of ether oxygens (including phenoxy) is 1. The molecule has 20 heavy (non-hydrogen) atoms. The molecule has 0 aliphatic carbocycles. The Morgan fingerprint density at radius 1 is 1.45 bits per heavy atom. The fourth-order valence-corrected chi connectivity index (χ4v) is 3.41. The highest BCUT2D eigenvalue weighted by Gasteiger charge is 2.19. The second kappa shape index (κ2) is 7.72. The molecule has 0 unspecified atom stereocenters. The largest absolute Gasteiger partial charge is 0.396 e. The third kappa shape index (κ3) is 4.86. The lowest BCUT2D eigenvalue weighted by Gasteiger charge is -2.10. The summed E-state index contributed by atoms with van der Waals surface area (Å²) in [6.45, 7) is 4.38. The Balaban J connectivity index is 2.65. The standard InChI is InChI=1S/C12H16BrFN2O3S/c1-2-3-5-19-6-4-16-20(17,18)12-8-11(15)10(14)7-9(12)13/h2,7-8,16H,1,3-6,15H2. The number of hydrogen-bond donors (Lipinski definition) is 2. The van der Waals surface area contributed by atoms with Crippen molar-refractivity contribution in [2.75, 3.05) is 25.5 Å². The topological polar surface area (TPSA) is 81.4 Å². The molecule has 0 heterocycles. The number of rotatable bonds is 8. The number of anilines is 1. The summed E-state index contributed by atoms with van der Waals surface area (Å²) in [5, 5.41) is 0. The van der Waals surface area contributed by atoms with Crippen molar-refractivity contribution in [3.63, 3.8) is 0 Å². The van der Waals surface area contributed by atoms with E-state index in [1.807, 2.05) is 0 Å². The van der Waals surface area contributed by atoms with Gasteiger partial charge < -0.3 is 10.5 Å². The van der Waals surface area contributed by atoms with Crippen LogP contribution in [-0.4, -0.2) is 28.2 Å². The molecular weight excluding hydrogens is 351 g/mol. The summed E-state index contributed by atoms with van der Waals surface area (Å²) in [4.78, 5) is -0.109. The highest BCUT2D eigenvalue weighted by atomic mass is 79.9. The van der Waals surface area contributed by atoms with Crippen LogP contribution in [0, 0.1) is 5.82 Å². The molecule has 8 heteroatoms. The molecule has 0 bridgehead atoms. The second-order valence-corrected chi connectivity index (χ2v) is 6.48. The lowest BCUT2D eigenvalue weighted by atomic mass is 10.3. The lowest BCUT2D eigenvalue weighted by molar-refractivity contribution is 0.144. The van der Waals surface area contributed by atoms with Crippen LogP contribution in [-0.2, 0) is 14.8 Å². The van der Waals surface area contributed by atoms with Crippen LogP contribution in [0.5, 0.6) is 0 Å². The highest BCUT2D eigenvalue weighted by Crippen LogP contribution is 2.26. The average molecular weight is 367 g/mol. The first kappa shape index (κ1) is 17.1. The fourth-order valence-electron chi connectivity index (χ4n) is 1.35. The van der Waals surface area contributed by atoms with E-state index in [0.29, 0.717) is 13.0 Å². The van der Waals surface area contributed by atoms with Gasteiger partial charge in [-0.1, -0.05) is 6.08 Å². The van der Waals surface area contributed by atoms with E-state index in [0.717, 1.165) is 12.1 Å². The number of sulfonamides is 1. The molecule has 1 aromatic rings. The third-order valence-electron chi connectivity index (χ3n) is 2.35. The molecule has 0 spiro atoms. The van der Waals surface area contributed by atoms with Crippen molar-refractivity contribution in [2.45, 2.75) is 11.3 Å². The summed E-state index contributed by atoms with van der Waals surface area (Å²) >= 11 is 3.00. The van der Waals surface area contributed by atoms with Gasteiger partial charge >= 0.3 is 0 Å². The van der Waals surface area contributed by atoms with Gasteiger partial charge in [0, 0.05) is 11.0 Å². The molecule has 1 rings (SSSR count). The Labute approximate surface area is 126 Å². The fraction of sp³-hybridized carbons (Fsp3) is 0.333. The zero-order chi connectivity index (χ0) is 15.2. The zero-order valence-electron chi connectivity index (χ0n) is 10.7. The van der Waals surface area contributed by atoms with Gasteiger partial charge in [0.1, 0.15) is 5.82 Å². The monoisotopic (exact) mass is 366 g/mol. The van der Waals surface area contributed by atoms with Gasteiger partial charge in [0.15, 0.2) is 0 Å². The van der Waals surface area contributed by atoms with Crippen molar-refractivity contribution in [1.82, 2.24) is 4.72 Å². The maximum absolute atomic E-state index is 13.2. The Morgan fingerprint density at radius 2 is 2.15 bits per heavy atom. The Kier molecular flexibility index (Phi) is 6.60. The van der Waals surface area contributed by atoms with Gasteiger partial charge in [-0.15, -0.1) is 6.58 Å². The molecule has 0 saturated carbocycles. The number of nitrogens with one attached hydrogen (secondary N) is 1. The van der Waals surface area contributed by atoms with Gasteiger partial charge in [-0.05, 0) is 34.5 Å². The number of nitrogen functional groups attached to an aromatic ring is 1. The Bertz CT molecular complexity index is 578. The molecule has 3 N–H and O–H groups in total. The lowest BCUT2D eigenvalue weighted by Crippen LogP contribution is -2.28. The summed E-state index contributed by atoms with van der Waals surface area (Å²) in [6.07, 6.45) is 2.41. The SMILES string of the molecule is C=CCCOCCNS(=O)(=O)c1cc(N)c(F)cc1Br. The molecular formula is C12H16BrFN2O3S. The van der Waals surface area contributed by atoms with E-state index >= 15 is 0 Å². The van der Waals surface area contributed by atoms with Crippen LogP contribution in [0.2, 0.25) is 0 Å². The number of hydrogen-bond acceptors (Lipinski definition) is 4. The number of halogens is 2. The van der Waals surface area contributed by atoms with Crippen molar-refractivity contribution >= 4 is 31.6 Å². The van der Waals surface area contributed by atoms with Crippen LogP contribution in [0.3, 0.4) is 0 Å². The first-order chi connectivity index (χ1) is 9.38. The minimum absolute atomic E-state index is 0.109. The Hall–Kier alpha value is -0.960. The van der Waals surface area contributed by atoms with Gasteiger partial charge in [-0.25, -0.2) is 17.5 Å². The zero-order valence-corrected chi connectivity index (χ0v) is 13.1. The molecule has 112 valence electrons. The third-order valence-corrected chi connectivity index (χ3v) is 4.77. The highest BCUT2D eigenvalue weighted by molar-refractivity contribution is 9.10. The van der Waals surface area contributed by atoms with Crippen molar-refractivity contribution in [1.29, 1.82) is 0 Å². The van der Waals surface area contributed by atoms with Crippen LogP contribution in [0.1, 0.15) is 6.42 Å². The molecule has 5 nitrogen and oxygen atoms in total. The van der Waals surface area contributed by atoms with Gasteiger partial charge in [0.2, 0.25) is 10.0 Å². The maximum Gasteiger partial charge on any atom is 0.241 e. The first-order valence-electron chi connectivity index (χ1n) is 5.81. The van der Waals surface area contributed by atoms with Crippen molar-refractivity contribution in [2.24, 2.45) is 0 Å². The molecule has 0 amide bonds. The summed E-state index contributed by atoms with van der Waals surface area (Å²) < 4.78 is 44.9. The van der Waals surface area contributed by atoms with Crippen LogP contribution < -0.4 is 10.5 Å². The van der Waals surface area contributed by atoms with E-state index in [1.54, 1.807) is 6.08 Å². The van der Waals surface area contributed by atoms with E-state index < -0.39 is 15.8 Å². The van der Waals surface area contributed by atoms with Crippen LogP contribution in [0.25, 0.3) is 0 Å². The van der Waals surface area contributed by atoms with Crippen LogP contribution >= 0.6 is 15.9 Å². The average Bonchev–Trinajstić information content (AvgIpc) is 2.37. The van der Waals surface area contributed by atoms with Crippen molar-refractivity contribution in [3.05, 3.63) is 35.1 Å². The number of nitrogens with two attached hydrogens (primary N) is 1. The van der Waals surface area contributed by atoms with Gasteiger partial charge in [-0.3, -0.25) is 0 Å².